The molecule has 0 aromatic carbocycles. The van der Waals surface area contributed by atoms with E-state index in [4.69, 9.17) is 9.52 Å². The van der Waals surface area contributed by atoms with Crippen molar-refractivity contribution < 1.29 is 19.1 Å². The molecule has 1 aromatic heterocycles. The predicted molar refractivity (Wildman–Crippen MR) is 76.8 cm³/mol. The number of hydrogen-bond acceptors (Lipinski definition) is 3. The van der Waals surface area contributed by atoms with E-state index in [-0.39, 0.29) is 18.6 Å². The fourth-order valence-corrected chi connectivity index (χ4v) is 2.80. The molecule has 116 valence electrons. The second-order valence-corrected chi connectivity index (χ2v) is 5.34. The first-order chi connectivity index (χ1) is 10.1. The molecule has 6 nitrogen and oxygen atoms in total. The van der Waals surface area contributed by atoms with Gasteiger partial charge in [0.05, 0.1) is 12.8 Å². The van der Waals surface area contributed by atoms with Gasteiger partial charge in [0.15, 0.2) is 0 Å². The van der Waals surface area contributed by atoms with Crippen LogP contribution in [0.5, 0.6) is 0 Å². The molecule has 0 spiro atoms. The highest BCUT2D eigenvalue weighted by molar-refractivity contribution is 5.80. The molecule has 2 amide bonds. The van der Waals surface area contributed by atoms with Gasteiger partial charge < -0.3 is 19.3 Å². The van der Waals surface area contributed by atoms with Crippen LogP contribution in [0.4, 0.5) is 4.79 Å². The minimum Gasteiger partial charge on any atom is -0.480 e. The summed E-state index contributed by atoms with van der Waals surface area (Å²) in [5, 5.41) is 9.07. The van der Waals surface area contributed by atoms with Gasteiger partial charge in [-0.1, -0.05) is 12.8 Å². The fraction of sp³-hybridized carbons (Fsp3) is 0.600. The Bertz CT molecular complexity index is 466. The van der Waals surface area contributed by atoms with Gasteiger partial charge in [-0.3, -0.25) is 4.79 Å². The molecule has 2 rings (SSSR count). The van der Waals surface area contributed by atoms with Crippen molar-refractivity contribution in [1.82, 2.24) is 9.80 Å². The number of hydrogen-bond donors (Lipinski definition) is 1. The Morgan fingerprint density at radius 3 is 2.62 bits per heavy atom. The van der Waals surface area contributed by atoms with Crippen LogP contribution in [0.25, 0.3) is 0 Å². The van der Waals surface area contributed by atoms with Crippen LogP contribution in [0.1, 0.15) is 38.4 Å². The maximum atomic E-state index is 12.7. The van der Waals surface area contributed by atoms with E-state index in [1.54, 1.807) is 17.2 Å². The Hall–Kier alpha value is -1.98. The molecule has 1 aliphatic carbocycles. The van der Waals surface area contributed by atoms with E-state index in [9.17, 15) is 9.59 Å². The lowest BCUT2D eigenvalue weighted by Gasteiger charge is -2.32. The van der Waals surface area contributed by atoms with Gasteiger partial charge in [-0.2, -0.15) is 0 Å². The number of amides is 2. The van der Waals surface area contributed by atoms with Crippen molar-refractivity contribution in [2.24, 2.45) is 0 Å². The molecule has 1 fully saturated rings. The zero-order valence-corrected chi connectivity index (χ0v) is 12.3. The molecule has 1 saturated carbocycles. The number of nitrogens with zero attached hydrogens (tertiary/aromatic N) is 2. The number of rotatable bonds is 6. The van der Waals surface area contributed by atoms with Crippen LogP contribution in [-0.2, 0) is 11.3 Å². The molecule has 1 aliphatic rings. The second-order valence-electron chi connectivity index (χ2n) is 5.34. The quantitative estimate of drug-likeness (QED) is 0.875. The summed E-state index contributed by atoms with van der Waals surface area (Å²) in [5.41, 5.74) is 0. The summed E-state index contributed by atoms with van der Waals surface area (Å²) in [6, 6.07) is 3.41. The molecule has 21 heavy (non-hydrogen) atoms. The minimum absolute atomic E-state index is 0.0410. The number of carboxylic acid groups (broad SMARTS) is 1. The predicted octanol–water partition coefficient (Wildman–Crippen LogP) is 2.55. The molecule has 1 heterocycles. The van der Waals surface area contributed by atoms with E-state index < -0.39 is 5.97 Å². The summed E-state index contributed by atoms with van der Waals surface area (Å²) in [5.74, 6) is -0.267. The lowest BCUT2D eigenvalue weighted by molar-refractivity contribution is -0.138. The molecular formula is C15H22N2O4. The van der Waals surface area contributed by atoms with Crippen LogP contribution in [0.2, 0.25) is 0 Å². The molecule has 1 N–H and O–H groups in total. The highest BCUT2D eigenvalue weighted by atomic mass is 16.4. The van der Waals surface area contributed by atoms with E-state index in [0.717, 1.165) is 25.7 Å². The Kier molecular flexibility index (Phi) is 5.25. The van der Waals surface area contributed by atoms with Crippen molar-refractivity contribution in [3.63, 3.8) is 0 Å². The Balaban J connectivity index is 2.08. The highest BCUT2D eigenvalue weighted by Gasteiger charge is 2.31. The molecule has 0 atom stereocenters. The molecule has 1 aromatic rings. The summed E-state index contributed by atoms with van der Waals surface area (Å²) >= 11 is 0. The van der Waals surface area contributed by atoms with Gasteiger partial charge in [0.1, 0.15) is 12.3 Å². The topological polar surface area (TPSA) is 74.0 Å². The van der Waals surface area contributed by atoms with Crippen molar-refractivity contribution in [3.8, 4) is 0 Å². The summed E-state index contributed by atoms with van der Waals surface area (Å²) in [6.07, 6.45) is 5.45. The van der Waals surface area contributed by atoms with Crippen LogP contribution in [0.3, 0.4) is 0 Å². The maximum Gasteiger partial charge on any atom is 0.323 e. The Morgan fingerprint density at radius 1 is 1.38 bits per heavy atom. The molecule has 0 aliphatic heterocycles. The van der Waals surface area contributed by atoms with Crippen molar-refractivity contribution in [2.45, 2.75) is 45.2 Å². The molecular weight excluding hydrogens is 272 g/mol. The zero-order valence-electron chi connectivity index (χ0n) is 12.3. The SMILES string of the molecule is CCN(Cc1ccco1)C(=O)N(CC(=O)O)C1CCCC1. The number of furan rings is 1. The molecule has 0 saturated heterocycles. The first-order valence-corrected chi connectivity index (χ1v) is 7.41. The molecule has 6 heteroatoms. The standard InChI is InChI=1S/C15H22N2O4/c1-2-16(10-13-8-5-9-21-13)15(20)17(11-14(18)19)12-6-3-4-7-12/h5,8-9,12H,2-4,6-7,10-11H2,1H3,(H,18,19). The Morgan fingerprint density at radius 2 is 2.10 bits per heavy atom. The van der Waals surface area contributed by atoms with Crippen molar-refractivity contribution in [1.29, 1.82) is 0 Å². The monoisotopic (exact) mass is 294 g/mol. The van der Waals surface area contributed by atoms with Gasteiger partial charge in [0.25, 0.3) is 0 Å². The number of carbonyl (C=O) groups is 2. The average molecular weight is 294 g/mol. The largest absolute Gasteiger partial charge is 0.480 e. The summed E-state index contributed by atoms with van der Waals surface area (Å²) in [4.78, 5) is 26.9. The van der Waals surface area contributed by atoms with E-state index in [2.05, 4.69) is 0 Å². The number of carbonyl (C=O) groups excluding carboxylic acids is 1. The minimum atomic E-state index is -0.968. The number of aliphatic carboxylic acids is 1. The van der Waals surface area contributed by atoms with Gasteiger partial charge in [-0.25, -0.2) is 4.79 Å². The lowest BCUT2D eigenvalue weighted by atomic mass is 10.2. The van der Waals surface area contributed by atoms with E-state index >= 15 is 0 Å². The average Bonchev–Trinajstić information content (AvgIpc) is 3.14. The van der Waals surface area contributed by atoms with E-state index in [0.29, 0.717) is 18.8 Å². The summed E-state index contributed by atoms with van der Waals surface area (Å²) < 4.78 is 5.27. The molecule has 0 unspecified atom stereocenters. The normalized spacial score (nSPS) is 15.1. The van der Waals surface area contributed by atoms with E-state index in [1.165, 1.54) is 4.90 Å². The van der Waals surface area contributed by atoms with Gasteiger partial charge in [0, 0.05) is 12.6 Å². The van der Waals surface area contributed by atoms with Crippen LogP contribution >= 0.6 is 0 Å². The van der Waals surface area contributed by atoms with Crippen molar-refractivity contribution in [3.05, 3.63) is 24.2 Å². The fourth-order valence-electron chi connectivity index (χ4n) is 2.80. The summed E-state index contributed by atoms with van der Waals surface area (Å²) in [7, 11) is 0. The highest BCUT2D eigenvalue weighted by Crippen LogP contribution is 2.24. The van der Waals surface area contributed by atoms with Crippen molar-refractivity contribution in [2.75, 3.05) is 13.1 Å². The van der Waals surface area contributed by atoms with Gasteiger partial charge >= 0.3 is 12.0 Å². The maximum absolute atomic E-state index is 12.7. The lowest BCUT2D eigenvalue weighted by Crippen LogP contribution is -2.49. The zero-order chi connectivity index (χ0) is 15.2. The van der Waals surface area contributed by atoms with Gasteiger partial charge in [-0.15, -0.1) is 0 Å². The third-order valence-corrected chi connectivity index (χ3v) is 3.90. The van der Waals surface area contributed by atoms with Crippen molar-refractivity contribution >= 4 is 12.0 Å². The third-order valence-electron chi connectivity index (χ3n) is 3.90. The smallest absolute Gasteiger partial charge is 0.323 e. The number of urea groups is 1. The first kappa shape index (κ1) is 15.4. The van der Waals surface area contributed by atoms with Crippen LogP contribution < -0.4 is 0 Å². The summed E-state index contributed by atoms with van der Waals surface area (Å²) in [6.45, 7) is 2.53. The van der Waals surface area contributed by atoms with Gasteiger partial charge in [0.2, 0.25) is 0 Å². The molecule has 0 radical (unpaired) electrons. The second kappa shape index (κ2) is 7.15. The number of carboxylic acids is 1. The van der Waals surface area contributed by atoms with Crippen LogP contribution in [0.15, 0.2) is 22.8 Å². The van der Waals surface area contributed by atoms with E-state index in [1.807, 2.05) is 13.0 Å². The van der Waals surface area contributed by atoms with Crippen LogP contribution in [0, 0.1) is 0 Å². The third kappa shape index (κ3) is 4.00. The Labute approximate surface area is 124 Å². The molecule has 0 bridgehead atoms. The first-order valence-electron chi connectivity index (χ1n) is 7.41. The van der Waals surface area contributed by atoms with Gasteiger partial charge in [-0.05, 0) is 31.9 Å². The van der Waals surface area contributed by atoms with Crippen LogP contribution in [-0.4, -0.2) is 46.0 Å².